The molecule has 19 heavy (non-hydrogen) atoms. The molecule has 0 aromatic rings. The Balaban J connectivity index is 4.57. The van der Waals surface area contributed by atoms with Crippen molar-refractivity contribution in [3.05, 3.63) is 0 Å². The van der Waals surface area contributed by atoms with E-state index in [2.05, 4.69) is 27.7 Å². The third kappa shape index (κ3) is 7.97. The van der Waals surface area contributed by atoms with Crippen LogP contribution in [0.2, 0.25) is 0 Å². The van der Waals surface area contributed by atoms with Crippen LogP contribution >= 0.6 is 0 Å². The third-order valence-corrected chi connectivity index (χ3v) is 4.47. The molecule has 0 rings (SSSR count). The van der Waals surface area contributed by atoms with E-state index in [1.807, 2.05) is 0 Å². The van der Waals surface area contributed by atoms with Gasteiger partial charge in [-0.1, -0.05) is 79.1 Å². The van der Waals surface area contributed by atoms with Gasteiger partial charge in [0.2, 0.25) is 0 Å². The Bertz CT molecular complexity index is 190. The second kappa shape index (κ2) is 11.8. The van der Waals surface area contributed by atoms with E-state index in [1.165, 1.54) is 57.8 Å². The van der Waals surface area contributed by atoms with Crippen molar-refractivity contribution < 1.29 is 5.11 Å². The Labute approximate surface area is 122 Å². The maximum atomic E-state index is 11.1. The summed E-state index contributed by atoms with van der Waals surface area (Å²) in [4.78, 5) is 0. The molecular formula is C18H38O. The molecule has 2 unspecified atom stereocenters. The molecule has 0 fully saturated rings. The molecule has 0 aliphatic carbocycles. The third-order valence-electron chi connectivity index (χ3n) is 4.47. The van der Waals surface area contributed by atoms with Crippen molar-refractivity contribution in [3.63, 3.8) is 0 Å². The number of rotatable bonds is 13. The Hall–Kier alpha value is -0.0400. The Morgan fingerprint density at radius 3 is 1.79 bits per heavy atom. The van der Waals surface area contributed by atoms with E-state index < -0.39 is 0 Å². The largest absolute Gasteiger partial charge is 0.390 e. The molecule has 0 aliphatic rings. The minimum Gasteiger partial charge on any atom is -0.390 e. The Morgan fingerprint density at radius 1 is 0.684 bits per heavy atom. The standard InChI is InChI=1S/C18H38O/c1-5-9-12-14-17(13-10-6-2)18(19,15-8-4)16-11-7-3/h17,19H,5-16H2,1-4H3. The molecule has 0 radical (unpaired) electrons. The van der Waals surface area contributed by atoms with Crippen LogP contribution in [-0.2, 0) is 0 Å². The molecule has 0 amide bonds. The number of hydrogen-bond donors (Lipinski definition) is 1. The lowest BCUT2D eigenvalue weighted by atomic mass is 9.75. The highest BCUT2D eigenvalue weighted by Gasteiger charge is 2.34. The van der Waals surface area contributed by atoms with Gasteiger partial charge >= 0.3 is 0 Å². The Morgan fingerprint density at radius 2 is 1.26 bits per heavy atom. The fourth-order valence-electron chi connectivity index (χ4n) is 3.22. The first kappa shape index (κ1) is 19.0. The van der Waals surface area contributed by atoms with Crippen molar-refractivity contribution in [1.82, 2.24) is 0 Å². The quantitative estimate of drug-likeness (QED) is 0.401. The number of unbranched alkanes of at least 4 members (excludes halogenated alkanes) is 4. The van der Waals surface area contributed by atoms with Crippen LogP contribution in [0.3, 0.4) is 0 Å². The van der Waals surface area contributed by atoms with E-state index in [1.54, 1.807) is 0 Å². The highest BCUT2D eigenvalue weighted by Crippen LogP contribution is 2.36. The van der Waals surface area contributed by atoms with Gasteiger partial charge in [0.25, 0.3) is 0 Å². The normalized spacial score (nSPS) is 16.3. The number of aliphatic hydroxyl groups is 1. The summed E-state index contributed by atoms with van der Waals surface area (Å²) in [6.07, 6.45) is 14.4. The van der Waals surface area contributed by atoms with Crippen LogP contribution < -0.4 is 0 Å². The topological polar surface area (TPSA) is 20.2 Å². The van der Waals surface area contributed by atoms with Gasteiger partial charge in [-0.3, -0.25) is 0 Å². The zero-order valence-corrected chi connectivity index (χ0v) is 14.0. The van der Waals surface area contributed by atoms with Crippen molar-refractivity contribution in [2.45, 2.75) is 110 Å². The van der Waals surface area contributed by atoms with Crippen molar-refractivity contribution in [1.29, 1.82) is 0 Å². The Kier molecular flexibility index (Phi) is 11.7. The highest BCUT2D eigenvalue weighted by atomic mass is 16.3. The lowest BCUT2D eigenvalue weighted by molar-refractivity contribution is -0.0439. The summed E-state index contributed by atoms with van der Waals surface area (Å²) in [6.45, 7) is 8.95. The van der Waals surface area contributed by atoms with E-state index >= 15 is 0 Å². The summed E-state index contributed by atoms with van der Waals surface area (Å²) in [6, 6.07) is 0. The SMILES string of the molecule is CCCCCC(CCCC)C(O)(CCC)CCCC. The molecule has 0 aromatic carbocycles. The van der Waals surface area contributed by atoms with Gasteiger partial charge in [-0.25, -0.2) is 0 Å². The summed E-state index contributed by atoms with van der Waals surface area (Å²) in [5.41, 5.74) is -0.381. The maximum Gasteiger partial charge on any atom is 0.0675 e. The molecule has 0 aromatic heterocycles. The zero-order chi connectivity index (χ0) is 14.6. The van der Waals surface area contributed by atoms with Gasteiger partial charge in [0, 0.05) is 0 Å². The molecule has 0 saturated heterocycles. The molecule has 2 atom stereocenters. The minimum absolute atomic E-state index is 0.381. The van der Waals surface area contributed by atoms with Gasteiger partial charge in [0.15, 0.2) is 0 Å². The van der Waals surface area contributed by atoms with Gasteiger partial charge in [-0.15, -0.1) is 0 Å². The average Bonchev–Trinajstić information content (AvgIpc) is 2.40. The van der Waals surface area contributed by atoms with Crippen molar-refractivity contribution in [2.75, 3.05) is 0 Å². The zero-order valence-electron chi connectivity index (χ0n) is 14.0. The van der Waals surface area contributed by atoms with E-state index in [4.69, 9.17) is 0 Å². The lowest BCUT2D eigenvalue weighted by Crippen LogP contribution is -2.38. The highest BCUT2D eigenvalue weighted by molar-refractivity contribution is 4.86. The van der Waals surface area contributed by atoms with Gasteiger partial charge in [-0.05, 0) is 31.6 Å². The molecule has 0 saturated carbocycles. The van der Waals surface area contributed by atoms with Crippen LogP contribution in [0.25, 0.3) is 0 Å². The molecule has 0 bridgehead atoms. The predicted octanol–water partition coefficient (Wildman–Crippen LogP) is 6.09. The van der Waals surface area contributed by atoms with Gasteiger partial charge in [-0.2, -0.15) is 0 Å². The maximum absolute atomic E-state index is 11.1. The van der Waals surface area contributed by atoms with Crippen LogP contribution in [0, 0.1) is 5.92 Å². The first-order valence-electron chi connectivity index (χ1n) is 8.86. The fraction of sp³-hybridized carbons (Fsp3) is 1.00. The summed E-state index contributed by atoms with van der Waals surface area (Å²) in [5.74, 6) is 0.533. The molecule has 1 heteroatoms. The first-order valence-corrected chi connectivity index (χ1v) is 8.86. The fourth-order valence-corrected chi connectivity index (χ4v) is 3.22. The summed E-state index contributed by atoms with van der Waals surface area (Å²) in [7, 11) is 0. The summed E-state index contributed by atoms with van der Waals surface area (Å²) >= 11 is 0. The van der Waals surface area contributed by atoms with E-state index in [0.29, 0.717) is 5.92 Å². The van der Waals surface area contributed by atoms with E-state index in [9.17, 15) is 5.11 Å². The second-order valence-electron chi connectivity index (χ2n) is 6.29. The van der Waals surface area contributed by atoms with E-state index in [-0.39, 0.29) is 5.60 Å². The van der Waals surface area contributed by atoms with Gasteiger partial charge < -0.3 is 5.11 Å². The molecule has 1 N–H and O–H groups in total. The van der Waals surface area contributed by atoms with Crippen molar-refractivity contribution in [3.8, 4) is 0 Å². The first-order chi connectivity index (χ1) is 9.14. The smallest absolute Gasteiger partial charge is 0.0675 e. The van der Waals surface area contributed by atoms with Crippen LogP contribution in [0.5, 0.6) is 0 Å². The molecule has 0 heterocycles. The summed E-state index contributed by atoms with van der Waals surface area (Å²) in [5, 5.41) is 11.1. The van der Waals surface area contributed by atoms with Gasteiger partial charge in [0.1, 0.15) is 0 Å². The molecule has 0 aliphatic heterocycles. The average molecular weight is 271 g/mol. The molecule has 116 valence electrons. The van der Waals surface area contributed by atoms with Crippen LogP contribution in [0.15, 0.2) is 0 Å². The van der Waals surface area contributed by atoms with Crippen LogP contribution in [0.4, 0.5) is 0 Å². The second-order valence-corrected chi connectivity index (χ2v) is 6.29. The molecule has 1 nitrogen and oxygen atoms in total. The summed E-state index contributed by atoms with van der Waals surface area (Å²) < 4.78 is 0. The lowest BCUT2D eigenvalue weighted by Gasteiger charge is -2.37. The number of hydrogen-bond acceptors (Lipinski definition) is 1. The van der Waals surface area contributed by atoms with Crippen LogP contribution in [-0.4, -0.2) is 10.7 Å². The van der Waals surface area contributed by atoms with Gasteiger partial charge in [0.05, 0.1) is 5.60 Å². The molecule has 0 spiro atoms. The predicted molar refractivity (Wildman–Crippen MR) is 86.5 cm³/mol. The van der Waals surface area contributed by atoms with Crippen LogP contribution in [0.1, 0.15) is 105 Å². The van der Waals surface area contributed by atoms with E-state index in [0.717, 1.165) is 19.3 Å². The monoisotopic (exact) mass is 270 g/mol. The molecular weight excluding hydrogens is 232 g/mol. The van der Waals surface area contributed by atoms with Crippen molar-refractivity contribution in [2.24, 2.45) is 5.92 Å². The minimum atomic E-state index is -0.381. The van der Waals surface area contributed by atoms with Crippen molar-refractivity contribution >= 4 is 0 Å².